The molecule has 0 aromatic heterocycles. The van der Waals surface area contributed by atoms with E-state index in [0.29, 0.717) is 12.3 Å². The van der Waals surface area contributed by atoms with E-state index in [-0.39, 0.29) is 5.92 Å². The van der Waals surface area contributed by atoms with Crippen LogP contribution in [0.4, 0.5) is 0 Å². The van der Waals surface area contributed by atoms with E-state index in [1.165, 1.54) is 5.56 Å². The van der Waals surface area contributed by atoms with Crippen molar-refractivity contribution in [3.05, 3.63) is 29.3 Å². The maximum absolute atomic E-state index is 10.5. The van der Waals surface area contributed by atoms with Gasteiger partial charge >= 0.3 is 0 Å². The summed E-state index contributed by atoms with van der Waals surface area (Å²) in [7, 11) is 1.68. The van der Waals surface area contributed by atoms with E-state index < -0.39 is 0 Å². The first kappa shape index (κ1) is 12.8. The molecule has 2 heteroatoms. The average Bonchev–Trinajstić information content (AvgIpc) is 2.28. The average molecular weight is 220 g/mol. The van der Waals surface area contributed by atoms with E-state index in [0.717, 1.165) is 17.6 Å². The Morgan fingerprint density at radius 2 is 2.00 bits per heavy atom. The Balaban J connectivity index is 3.06. The van der Waals surface area contributed by atoms with Crippen LogP contribution in [0, 0.1) is 0 Å². The minimum atomic E-state index is 0.216. The lowest BCUT2D eigenvalue weighted by Crippen LogP contribution is -2.00. The fourth-order valence-electron chi connectivity index (χ4n) is 1.77. The second-order valence-electron chi connectivity index (χ2n) is 4.46. The van der Waals surface area contributed by atoms with Crippen LogP contribution in [-0.2, 0) is 4.79 Å². The fraction of sp³-hybridized carbons (Fsp3) is 0.500. The van der Waals surface area contributed by atoms with Gasteiger partial charge in [0.05, 0.1) is 7.11 Å². The van der Waals surface area contributed by atoms with Crippen molar-refractivity contribution in [1.29, 1.82) is 0 Å². The van der Waals surface area contributed by atoms with Crippen LogP contribution in [0.3, 0.4) is 0 Å². The van der Waals surface area contributed by atoms with Crippen molar-refractivity contribution in [2.75, 3.05) is 7.11 Å². The van der Waals surface area contributed by atoms with Gasteiger partial charge in [0.1, 0.15) is 12.0 Å². The van der Waals surface area contributed by atoms with E-state index in [4.69, 9.17) is 4.74 Å². The molecule has 0 amide bonds. The molecule has 1 rings (SSSR count). The maximum Gasteiger partial charge on any atom is 0.122 e. The molecule has 0 radical (unpaired) electrons. The summed E-state index contributed by atoms with van der Waals surface area (Å²) in [6.45, 7) is 6.36. The molecular weight excluding hydrogens is 200 g/mol. The molecule has 0 aliphatic heterocycles. The smallest absolute Gasteiger partial charge is 0.122 e. The minimum absolute atomic E-state index is 0.216. The highest BCUT2D eigenvalue weighted by Gasteiger charge is 2.12. The predicted octanol–water partition coefficient (Wildman–Crippen LogP) is 3.51. The van der Waals surface area contributed by atoms with E-state index in [1.807, 2.05) is 6.92 Å². The van der Waals surface area contributed by atoms with Crippen molar-refractivity contribution in [1.82, 2.24) is 0 Å². The van der Waals surface area contributed by atoms with E-state index in [1.54, 1.807) is 7.11 Å². The summed E-state index contributed by atoms with van der Waals surface area (Å²) < 4.78 is 5.39. The van der Waals surface area contributed by atoms with Crippen LogP contribution in [0.1, 0.15) is 50.2 Å². The molecule has 0 saturated carbocycles. The number of rotatable bonds is 5. The topological polar surface area (TPSA) is 26.3 Å². The molecule has 1 aromatic carbocycles. The number of ether oxygens (including phenoxy) is 1. The lowest BCUT2D eigenvalue weighted by Gasteiger charge is -2.16. The number of hydrogen-bond acceptors (Lipinski definition) is 2. The standard InChI is InChI=1S/C14H20O2/c1-10(2)12-5-6-13(11(3)7-8-15)14(9-12)16-4/h5-6,8-11H,7H2,1-4H3. The fourth-order valence-corrected chi connectivity index (χ4v) is 1.77. The van der Waals surface area contributed by atoms with E-state index >= 15 is 0 Å². The zero-order chi connectivity index (χ0) is 12.1. The molecule has 2 nitrogen and oxygen atoms in total. The van der Waals surface area contributed by atoms with Gasteiger partial charge in [0.15, 0.2) is 0 Å². The molecule has 0 bridgehead atoms. The maximum atomic E-state index is 10.5. The summed E-state index contributed by atoms with van der Waals surface area (Å²) in [5.74, 6) is 1.60. The molecule has 1 aromatic rings. The molecule has 0 saturated heterocycles. The third-order valence-corrected chi connectivity index (χ3v) is 2.90. The first-order valence-corrected chi connectivity index (χ1v) is 5.71. The largest absolute Gasteiger partial charge is 0.496 e. The highest BCUT2D eigenvalue weighted by Crippen LogP contribution is 2.31. The van der Waals surface area contributed by atoms with Crippen molar-refractivity contribution >= 4 is 6.29 Å². The highest BCUT2D eigenvalue weighted by atomic mass is 16.5. The summed E-state index contributed by atoms with van der Waals surface area (Å²) in [5.41, 5.74) is 2.37. The van der Waals surface area contributed by atoms with Gasteiger partial charge < -0.3 is 9.53 Å². The monoisotopic (exact) mass is 220 g/mol. The Morgan fingerprint density at radius 3 is 2.50 bits per heavy atom. The Kier molecular flexibility index (Phi) is 4.53. The Morgan fingerprint density at radius 1 is 1.31 bits per heavy atom. The molecule has 0 heterocycles. The van der Waals surface area contributed by atoms with Gasteiger partial charge in [0.2, 0.25) is 0 Å². The number of methoxy groups -OCH3 is 1. The summed E-state index contributed by atoms with van der Waals surface area (Å²) in [6, 6.07) is 6.26. The van der Waals surface area contributed by atoms with Crippen molar-refractivity contribution in [3.63, 3.8) is 0 Å². The van der Waals surface area contributed by atoms with Crippen LogP contribution < -0.4 is 4.74 Å². The van der Waals surface area contributed by atoms with Gasteiger partial charge in [0, 0.05) is 6.42 Å². The third kappa shape index (κ3) is 2.84. The number of benzene rings is 1. The minimum Gasteiger partial charge on any atom is -0.496 e. The van der Waals surface area contributed by atoms with Crippen LogP contribution in [0.15, 0.2) is 18.2 Å². The zero-order valence-corrected chi connectivity index (χ0v) is 10.5. The molecule has 0 spiro atoms. The van der Waals surface area contributed by atoms with E-state index in [2.05, 4.69) is 32.0 Å². The molecule has 0 aliphatic carbocycles. The van der Waals surface area contributed by atoms with Crippen molar-refractivity contribution in [2.24, 2.45) is 0 Å². The van der Waals surface area contributed by atoms with Gasteiger partial charge in [-0.15, -0.1) is 0 Å². The van der Waals surface area contributed by atoms with Crippen LogP contribution in [0.2, 0.25) is 0 Å². The molecule has 88 valence electrons. The van der Waals surface area contributed by atoms with Gasteiger partial charge in [-0.2, -0.15) is 0 Å². The van der Waals surface area contributed by atoms with E-state index in [9.17, 15) is 4.79 Å². The Hall–Kier alpha value is -1.31. The van der Waals surface area contributed by atoms with Gasteiger partial charge in [-0.25, -0.2) is 0 Å². The van der Waals surface area contributed by atoms with Crippen molar-refractivity contribution in [3.8, 4) is 5.75 Å². The Bertz CT molecular complexity index is 356. The van der Waals surface area contributed by atoms with Crippen LogP contribution >= 0.6 is 0 Å². The molecule has 16 heavy (non-hydrogen) atoms. The van der Waals surface area contributed by atoms with Crippen molar-refractivity contribution < 1.29 is 9.53 Å². The number of carbonyl (C=O) groups is 1. The molecule has 0 fully saturated rings. The first-order valence-electron chi connectivity index (χ1n) is 5.71. The van der Waals surface area contributed by atoms with Crippen molar-refractivity contribution in [2.45, 2.75) is 39.0 Å². The molecule has 0 aliphatic rings. The summed E-state index contributed by atoms with van der Waals surface area (Å²) in [5, 5.41) is 0. The lowest BCUT2D eigenvalue weighted by molar-refractivity contribution is -0.108. The zero-order valence-electron chi connectivity index (χ0n) is 10.5. The Labute approximate surface area is 97.6 Å². The summed E-state index contributed by atoms with van der Waals surface area (Å²) in [4.78, 5) is 10.5. The second kappa shape index (κ2) is 5.69. The summed E-state index contributed by atoms with van der Waals surface area (Å²) >= 11 is 0. The number of hydrogen-bond donors (Lipinski definition) is 0. The van der Waals surface area contributed by atoms with Gasteiger partial charge in [0.25, 0.3) is 0 Å². The highest BCUT2D eigenvalue weighted by molar-refractivity contribution is 5.53. The molecule has 1 unspecified atom stereocenters. The first-order chi connectivity index (χ1) is 7.60. The van der Waals surface area contributed by atoms with Crippen LogP contribution in [0.5, 0.6) is 5.75 Å². The molecule has 1 atom stereocenters. The SMILES string of the molecule is COc1cc(C(C)C)ccc1C(C)CC=O. The second-order valence-corrected chi connectivity index (χ2v) is 4.46. The predicted molar refractivity (Wildman–Crippen MR) is 66.2 cm³/mol. The molecule has 0 N–H and O–H groups in total. The van der Waals surface area contributed by atoms with Crippen LogP contribution in [0.25, 0.3) is 0 Å². The van der Waals surface area contributed by atoms with Gasteiger partial charge in [-0.1, -0.05) is 32.9 Å². The molecular formula is C14H20O2. The quantitative estimate of drug-likeness (QED) is 0.710. The van der Waals surface area contributed by atoms with Crippen LogP contribution in [-0.4, -0.2) is 13.4 Å². The normalized spacial score (nSPS) is 12.6. The third-order valence-electron chi connectivity index (χ3n) is 2.90. The van der Waals surface area contributed by atoms with Gasteiger partial charge in [-0.3, -0.25) is 0 Å². The number of carbonyl (C=O) groups excluding carboxylic acids is 1. The van der Waals surface area contributed by atoms with Gasteiger partial charge in [-0.05, 0) is 29.0 Å². The number of aldehydes is 1. The lowest BCUT2D eigenvalue weighted by atomic mass is 9.93. The summed E-state index contributed by atoms with van der Waals surface area (Å²) in [6.07, 6.45) is 1.50.